The Kier molecular flexibility index (Phi) is 3.13. The summed E-state index contributed by atoms with van der Waals surface area (Å²) in [6, 6.07) is 12.6. The normalized spacial score (nSPS) is 12.9. The molecule has 3 aromatic rings. The van der Waals surface area contributed by atoms with Gasteiger partial charge in [-0.05, 0) is 30.7 Å². The van der Waals surface area contributed by atoms with Gasteiger partial charge in [0.15, 0.2) is 0 Å². The number of hydrogen-bond donors (Lipinski definition) is 1. The van der Waals surface area contributed by atoms with Crippen molar-refractivity contribution in [1.29, 1.82) is 0 Å². The van der Waals surface area contributed by atoms with E-state index >= 15 is 0 Å². The van der Waals surface area contributed by atoms with Crippen molar-refractivity contribution in [2.24, 2.45) is 7.05 Å². The van der Waals surface area contributed by atoms with Crippen LogP contribution >= 0.6 is 0 Å². The third-order valence-corrected chi connectivity index (χ3v) is 3.55. The lowest BCUT2D eigenvalue weighted by Gasteiger charge is -2.10. The fourth-order valence-electron chi connectivity index (χ4n) is 2.47. The van der Waals surface area contributed by atoms with Gasteiger partial charge >= 0.3 is 0 Å². The van der Waals surface area contributed by atoms with Crippen molar-refractivity contribution in [2.45, 2.75) is 19.5 Å². The molecule has 0 saturated carbocycles. The van der Waals surface area contributed by atoms with E-state index in [9.17, 15) is 0 Å². The molecule has 0 radical (unpaired) electrons. The van der Waals surface area contributed by atoms with Crippen LogP contribution in [0.4, 0.5) is 0 Å². The Bertz CT molecular complexity index is 667. The van der Waals surface area contributed by atoms with Gasteiger partial charge in [0.25, 0.3) is 0 Å². The van der Waals surface area contributed by atoms with Crippen LogP contribution in [-0.2, 0) is 13.6 Å². The first kappa shape index (κ1) is 12.1. The van der Waals surface area contributed by atoms with Crippen molar-refractivity contribution in [2.75, 3.05) is 0 Å². The highest BCUT2D eigenvalue weighted by molar-refractivity contribution is 5.83. The molecule has 1 atom stereocenters. The second-order valence-corrected chi connectivity index (χ2v) is 4.90. The van der Waals surface area contributed by atoms with Crippen molar-refractivity contribution >= 4 is 10.9 Å². The molecule has 19 heavy (non-hydrogen) atoms. The van der Waals surface area contributed by atoms with Gasteiger partial charge in [-0.3, -0.25) is 0 Å². The number of nitrogens with one attached hydrogen (secondary N) is 1. The van der Waals surface area contributed by atoms with Crippen molar-refractivity contribution in [3.63, 3.8) is 0 Å². The third-order valence-electron chi connectivity index (χ3n) is 3.55. The summed E-state index contributed by atoms with van der Waals surface area (Å²) in [5.41, 5.74) is 2.58. The maximum absolute atomic E-state index is 5.41. The number of benzene rings is 1. The minimum Gasteiger partial charge on any atom is -0.468 e. The summed E-state index contributed by atoms with van der Waals surface area (Å²) in [4.78, 5) is 0. The molecule has 0 aliphatic rings. The molecular formula is C16H18N2O. The predicted octanol–water partition coefficient (Wildman–Crippen LogP) is 3.62. The van der Waals surface area contributed by atoms with Crippen LogP contribution in [0.3, 0.4) is 0 Å². The van der Waals surface area contributed by atoms with Crippen LogP contribution in [0.15, 0.2) is 53.3 Å². The molecule has 1 aromatic carbocycles. The van der Waals surface area contributed by atoms with E-state index in [4.69, 9.17) is 4.42 Å². The van der Waals surface area contributed by atoms with E-state index < -0.39 is 0 Å². The lowest BCUT2D eigenvalue weighted by molar-refractivity contribution is 0.430. The first-order valence-electron chi connectivity index (χ1n) is 6.55. The summed E-state index contributed by atoms with van der Waals surface area (Å²) >= 11 is 0. The largest absolute Gasteiger partial charge is 0.468 e. The number of rotatable bonds is 4. The van der Waals surface area contributed by atoms with Crippen LogP contribution in [0.5, 0.6) is 0 Å². The average Bonchev–Trinajstić information content (AvgIpc) is 3.06. The summed E-state index contributed by atoms with van der Waals surface area (Å²) in [6.45, 7) is 2.95. The Balaban J connectivity index is 1.79. The topological polar surface area (TPSA) is 30.1 Å². The molecule has 0 aliphatic carbocycles. The second kappa shape index (κ2) is 4.94. The Morgan fingerprint density at radius 2 is 2.05 bits per heavy atom. The maximum Gasteiger partial charge on any atom is 0.120 e. The number of aromatic nitrogens is 1. The van der Waals surface area contributed by atoms with Crippen LogP contribution < -0.4 is 5.32 Å². The molecule has 1 N–H and O–H groups in total. The van der Waals surface area contributed by atoms with E-state index in [1.165, 1.54) is 16.5 Å². The molecule has 0 amide bonds. The molecule has 3 rings (SSSR count). The van der Waals surface area contributed by atoms with Crippen molar-refractivity contribution in [3.05, 3.63) is 60.2 Å². The first-order valence-corrected chi connectivity index (χ1v) is 6.55. The fourth-order valence-corrected chi connectivity index (χ4v) is 2.47. The molecule has 3 nitrogen and oxygen atoms in total. The Morgan fingerprint density at radius 3 is 2.84 bits per heavy atom. The maximum atomic E-state index is 5.41. The molecule has 0 aliphatic heterocycles. The average molecular weight is 254 g/mol. The molecule has 1 unspecified atom stereocenters. The molecule has 0 fully saturated rings. The summed E-state index contributed by atoms with van der Waals surface area (Å²) in [5.74, 6) is 0.972. The van der Waals surface area contributed by atoms with Crippen molar-refractivity contribution in [3.8, 4) is 0 Å². The third kappa shape index (κ3) is 2.29. The van der Waals surface area contributed by atoms with Crippen LogP contribution in [0.25, 0.3) is 10.9 Å². The van der Waals surface area contributed by atoms with Gasteiger partial charge in [0.05, 0.1) is 12.3 Å². The standard InChI is InChI=1S/C16H18N2O/c1-12(16-8-5-9-19-16)17-10-13-11-18(2)15-7-4-3-6-14(13)15/h3-9,11-12,17H,10H2,1-2H3. The lowest BCUT2D eigenvalue weighted by atomic mass is 10.1. The van der Waals surface area contributed by atoms with E-state index in [-0.39, 0.29) is 6.04 Å². The van der Waals surface area contributed by atoms with Gasteiger partial charge in [0, 0.05) is 30.7 Å². The van der Waals surface area contributed by atoms with Crippen molar-refractivity contribution < 1.29 is 4.42 Å². The SMILES string of the molecule is CC(NCc1cn(C)c2ccccc12)c1ccco1. The molecule has 3 heteroatoms. The number of fused-ring (bicyclic) bond motifs is 1. The molecule has 0 bridgehead atoms. The van der Waals surface area contributed by atoms with Crippen LogP contribution in [-0.4, -0.2) is 4.57 Å². The molecule has 0 saturated heterocycles. The molecule has 2 aromatic heterocycles. The highest BCUT2D eigenvalue weighted by atomic mass is 16.3. The number of para-hydroxylation sites is 1. The van der Waals surface area contributed by atoms with Gasteiger partial charge < -0.3 is 14.3 Å². The summed E-state index contributed by atoms with van der Waals surface area (Å²) in [6.07, 6.45) is 3.90. The first-order chi connectivity index (χ1) is 9.25. The van der Waals surface area contributed by atoms with Gasteiger partial charge in [0.1, 0.15) is 5.76 Å². The zero-order chi connectivity index (χ0) is 13.2. The Labute approximate surface area is 112 Å². The molecule has 98 valence electrons. The van der Waals surface area contributed by atoms with Gasteiger partial charge in [-0.2, -0.15) is 0 Å². The quantitative estimate of drug-likeness (QED) is 0.770. The minimum atomic E-state index is 0.217. The highest BCUT2D eigenvalue weighted by Gasteiger charge is 2.10. The van der Waals surface area contributed by atoms with Gasteiger partial charge in [-0.15, -0.1) is 0 Å². The van der Waals surface area contributed by atoms with Crippen LogP contribution in [0.2, 0.25) is 0 Å². The van der Waals surface area contributed by atoms with E-state index in [1.54, 1.807) is 6.26 Å². The second-order valence-electron chi connectivity index (χ2n) is 4.90. The number of furan rings is 1. The number of hydrogen-bond acceptors (Lipinski definition) is 2. The summed E-state index contributed by atoms with van der Waals surface area (Å²) in [5, 5.41) is 4.81. The molecular weight excluding hydrogens is 236 g/mol. The van der Waals surface area contributed by atoms with Gasteiger partial charge in [0.2, 0.25) is 0 Å². The zero-order valence-corrected chi connectivity index (χ0v) is 11.3. The molecule has 0 spiro atoms. The van der Waals surface area contributed by atoms with Crippen molar-refractivity contribution in [1.82, 2.24) is 9.88 Å². The van der Waals surface area contributed by atoms with E-state index in [2.05, 4.69) is 54.3 Å². The van der Waals surface area contributed by atoms with E-state index in [0.29, 0.717) is 0 Å². The predicted molar refractivity (Wildman–Crippen MR) is 76.9 cm³/mol. The number of nitrogens with zero attached hydrogens (tertiary/aromatic N) is 1. The van der Waals surface area contributed by atoms with Crippen LogP contribution in [0.1, 0.15) is 24.3 Å². The zero-order valence-electron chi connectivity index (χ0n) is 11.3. The monoisotopic (exact) mass is 254 g/mol. The Hall–Kier alpha value is -2.00. The van der Waals surface area contributed by atoms with Gasteiger partial charge in [-0.25, -0.2) is 0 Å². The lowest BCUT2D eigenvalue weighted by Crippen LogP contribution is -2.17. The fraction of sp³-hybridized carbons (Fsp3) is 0.250. The van der Waals surface area contributed by atoms with Gasteiger partial charge in [-0.1, -0.05) is 18.2 Å². The summed E-state index contributed by atoms with van der Waals surface area (Å²) in [7, 11) is 2.09. The summed E-state index contributed by atoms with van der Waals surface area (Å²) < 4.78 is 7.58. The number of aryl methyl sites for hydroxylation is 1. The van der Waals surface area contributed by atoms with E-state index in [1.807, 2.05) is 12.1 Å². The Morgan fingerprint density at radius 1 is 1.21 bits per heavy atom. The smallest absolute Gasteiger partial charge is 0.120 e. The van der Waals surface area contributed by atoms with Crippen LogP contribution in [0, 0.1) is 0 Å². The molecule has 2 heterocycles. The highest BCUT2D eigenvalue weighted by Crippen LogP contribution is 2.21. The minimum absolute atomic E-state index is 0.217. The van der Waals surface area contributed by atoms with E-state index in [0.717, 1.165) is 12.3 Å².